The van der Waals surface area contributed by atoms with Crippen LogP contribution >= 0.6 is 0 Å². The first-order chi connectivity index (χ1) is 12.3. The predicted octanol–water partition coefficient (Wildman–Crippen LogP) is 3.08. The first kappa shape index (κ1) is 17.7. The zero-order valence-electron chi connectivity index (χ0n) is 15.2. The number of anilines is 1. The largest absolute Gasteiger partial charge is 0.487 e. The first-order valence-corrected chi connectivity index (χ1v) is 8.37. The number of fused-ring (bicyclic) bond motifs is 1. The van der Waals surface area contributed by atoms with Crippen LogP contribution < -0.4 is 15.6 Å². The van der Waals surface area contributed by atoms with Crippen LogP contribution in [0.3, 0.4) is 0 Å². The summed E-state index contributed by atoms with van der Waals surface area (Å²) in [4.78, 5) is 28.3. The second-order valence-electron chi connectivity index (χ2n) is 6.50. The molecule has 3 aromatic rings. The molecule has 7 heteroatoms. The van der Waals surface area contributed by atoms with E-state index in [0.29, 0.717) is 28.5 Å². The molecular weight excluding hydrogens is 334 g/mol. The number of hydrogen-bond donors (Lipinski definition) is 1. The number of carbonyl (C=O) groups is 1. The van der Waals surface area contributed by atoms with Crippen molar-refractivity contribution in [3.8, 4) is 5.75 Å². The molecule has 7 nitrogen and oxygen atoms in total. The molecule has 3 rings (SSSR count). The third kappa shape index (κ3) is 3.77. The van der Waals surface area contributed by atoms with E-state index in [1.807, 2.05) is 32.9 Å². The predicted molar refractivity (Wildman–Crippen MR) is 97.4 cm³/mol. The van der Waals surface area contributed by atoms with Crippen LogP contribution in [0.4, 0.5) is 5.69 Å². The number of ether oxygens (including phenoxy) is 1. The standard InChI is InChI=1S/C19H21N3O4/c1-11(2)19(24)21-14-6-5-12(3)16(8-14)25-10-15-9-18(23)22-17(20-15)7-13(4)26-22/h5-9,11H,10H2,1-4H3,(H,21,24). The molecule has 0 saturated carbocycles. The van der Waals surface area contributed by atoms with Crippen LogP contribution in [0.25, 0.3) is 5.65 Å². The van der Waals surface area contributed by atoms with Gasteiger partial charge in [0.05, 0.1) is 5.69 Å². The minimum atomic E-state index is -0.295. The highest BCUT2D eigenvalue weighted by molar-refractivity contribution is 5.92. The first-order valence-electron chi connectivity index (χ1n) is 8.37. The number of amides is 1. The Morgan fingerprint density at radius 3 is 2.77 bits per heavy atom. The summed E-state index contributed by atoms with van der Waals surface area (Å²) in [5.41, 5.74) is 2.24. The third-order valence-electron chi connectivity index (χ3n) is 3.88. The fourth-order valence-electron chi connectivity index (χ4n) is 2.42. The topological polar surface area (TPSA) is 85.8 Å². The van der Waals surface area contributed by atoms with E-state index in [4.69, 9.17) is 9.26 Å². The maximum atomic E-state index is 12.1. The average molecular weight is 355 g/mol. The lowest BCUT2D eigenvalue weighted by molar-refractivity contribution is -0.118. The maximum absolute atomic E-state index is 12.1. The van der Waals surface area contributed by atoms with Gasteiger partial charge in [0.1, 0.15) is 18.1 Å². The third-order valence-corrected chi connectivity index (χ3v) is 3.88. The van der Waals surface area contributed by atoms with Crippen molar-refractivity contribution in [2.75, 3.05) is 5.32 Å². The highest BCUT2D eigenvalue weighted by Gasteiger charge is 2.10. The molecule has 0 fully saturated rings. The van der Waals surface area contributed by atoms with E-state index in [1.165, 1.54) is 6.07 Å². The molecular formula is C19H21N3O4. The van der Waals surface area contributed by atoms with Crippen LogP contribution in [0.2, 0.25) is 0 Å². The molecule has 1 aromatic carbocycles. The smallest absolute Gasteiger partial charge is 0.287 e. The Morgan fingerprint density at radius 2 is 2.04 bits per heavy atom. The van der Waals surface area contributed by atoms with Gasteiger partial charge in [0, 0.05) is 29.8 Å². The molecule has 0 spiro atoms. The number of benzene rings is 1. The molecule has 1 N–H and O–H groups in total. The molecule has 2 heterocycles. The van der Waals surface area contributed by atoms with Crippen LogP contribution in [-0.2, 0) is 11.4 Å². The Morgan fingerprint density at radius 1 is 1.27 bits per heavy atom. The molecule has 0 saturated heterocycles. The molecule has 0 aliphatic rings. The Balaban J connectivity index is 1.79. The highest BCUT2D eigenvalue weighted by atomic mass is 16.5. The van der Waals surface area contributed by atoms with E-state index in [1.54, 1.807) is 19.1 Å². The molecule has 1 amide bonds. The second kappa shape index (κ2) is 7.03. The maximum Gasteiger partial charge on any atom is 0.287 e. The van der Waals surface area contributed by atoms with Crippen molar-refractivity contribution in [1.29, 1.82) is 0 Å². The van der Waals surface area contributed by atoms with Gasteiger partial charge in [-0.3, -0.25) is 9.59 Å². The average Bonchev–Trinajstić information content (AvgIpc) is 2.96. The second-order valence-corrected chi connectivity index (χ2v) is 6.50. The van der Waals surface area contributed by atoms with Crippen molar-refractivity contribution < 1.29 is 14.1 Å². The summed E-state index contributed by atoms with van der Waals surface area (Å²) in [6.45, 7) is 7.47. The van der Waals surface area contributed by atoms with Crippen LogP contribution in [0.5, 0.6) is 5.75 Å². The Kier molecular flexibility index (Phi) is 4.79. The lowest BCUT2D eigenvalue weighted by Crippen LogP contribution is -2.17. The fraction of sp³-hybridized carbons (Fsp3) is 0.316. The summed E-state index contributed by atoms with van der Waals surface area (Å²) < 4.78 is 12.2. The molecule has 0 atom stereocenters. The molecule has 2 aromatic heterocycles. The molecule has 0 aliphatic carbocycles. The Bertz CT molecular complexity index is 1020. The van der Waals surface area contributed by atoms with Crippen molar-refractivity contribution in [1.82, 2.24) is 9.56 Å². The van der Waals surface area contributed by atoms with Crippen LogP contribution in [0.15, 0.2) is 39.6 Å². The van der Waals surface area contributed by atoms with Gasteiger partial charge in [-0.05, 0) is 25.5 Å². The van der Waals surface area contributed by atoms with Crippen LogP contribution in [0.1, 0.15) is 30.9 Å². The molecule has 0 aliphatic heterocycles. The van der Waals surface area contributed by atoms with E-state index < -0.39 is 0 Å². The summed E-state index contributed by atoms with van der Waals surface area (Å²) in [5, 5.41) is 2.84. The van der Waals surface area contributed by atoms with Gasteiger partial charge in [-0.2, -0.15) is 0 Å². The summed E-state index contributed by atoms with van der Waals surface area (Å²) >= 11 is 0. The van der Waals surface area contributed by atoms with Crippen molar-refractivity contribution in [2.24, 2.45) is 5.92 Å². The Labute approximate surface area is 150 Å². The lowest BCUT2D eigenvalue weighted by atomic mass is 10.1. The number of nitrogens with one attached hydrogen (secondary N) is 1. The van der Waals surface area contributed by atoms with Crippen molar-refractivity contribution in [2.45, 2.75) is 34.3 Å². The number of rotatable bonds is 5. The number of nitrogens with zero attached hydrogens (tertiary/aromatic N) is 2. The van der Waals surface area contributed by atoms with Gasteiger partial charge >= 0.3 is 0 Å². The zero-order valence-corrected chi connectivity index (χ0v) is 15.2. The summed E-state index contributed by atoms with van der Waals surface area (Å²) in [6.07, 6.45) is 0. The Hall–Kier alpha value is -3.09. The van der Waals surface area contributed by atoms with Gasteiger partial charge in [0.2, 0.25) is 5.91 Å². The van der Waals surface area contributed by atoms with Gasteiger partial charge in [0.15, 0.2) is 5.65 Å². The SMILES string of the molecule is Cc1cc2nc(COc3cc(NC(=O)C(C)C)ccc3C)cc(=O)n2o1. The molecule has 0 radical (unpaired) electrons. The minimum absolute atomic E-state index is 0.0599. The van der Waals surface area contributed by atoms with E-state index in [9.17, 15) is 9.59 Å². The number of hydrogen-bond acceptors (Lipinski definition) is 5. The molecule has 136 valence electrons. The normalized spacial score (nSPS) is 11.1. The van der Waals surface area contributed by atoms with Gasteiger partial charge in [0.25, 0.3) is 5.56 Å². The summed E-state index contributed by atoms with van der Waals surface area (Å²) in [6, 6.07) is 8.54. The molecule has 0 bridgehead atoms. The zero-order chi connectivity index (χ0) is 18.8. The van der Waals surface area contributed by atoms with Crippen molar-refractivity contribution in [3.63, 3.8) is 0 Å². The van der Waals surface area contributed by atoms with E-state index in [-0.39, 0.29) is 24.0 Å². The fourth-order valence-corrected chi connectivity index (χ4v) is 2.42. The monoisotopic (exact) mass is 355 g/mol. The van der Waals surface area contributed by atoms with Crippen molar-refractivity contribution >= 4 is 17.2 Å². The number of aryl methyl sites for hydroxylation is 2. The van der Waals surface area contributed by atoms with Gasteiger partial charge in [-0.1, -0.05) is 19.9 Å². The van der Waals surface area contributed by atoms with E-state index in [2.05, 4.69) is 10.3 Å². The van der Waals surface area contributed by atoms with Gasteiger partial charge in [-0.15, -0.1) is 4.57 Å². The summed E-state index contributed by atoms with van der Waals surface area (Å²) in [7, 11) is 0. The van der Waals surface area contributed by atoms with E-state index in [0.717, 1.165) is 10.1 Å². The quantitative estimate of drug-likeness (QED) is 0.760. The van der Waals surface area contributed by atoms with Gasteiger partial charge in [-0.25, -0.2) is 4.98 Å². The number of aromatic nitrogens is 2. The molecule has 26 heavy (non-hydrogen) atoms. The van der Waals surface area contributed by atoms with Crippen LogP contribution in [0, 0.1) is 19.8 Å². The summed E-state index contributed by atoms with van der Waals surface area (Å²) in [5.74, 6) is 1.06. The lowest BCUT2D eigenvalue weighted by Gasteiger charge is -2.12. The molecule has 0 unspecified atom stereocenters. The van der Waals surface area contributed by atoms with E-state index >= 15 is 0 Å². The minimum Gasteiger partial charge on any atom is -0.487 e. The number of carbonyl (C=O) groups excluding carboxylic acids is 1. The van der Waals surface area contributed by atoms with Crippen molar-refractivity contribution in [3.05, 3.63) is 57.7 Å². The highest BCUT2D eigenvalue weighted by Crippen LogP contribution is 2.24. The van der Waals surface area contributed by atoms with Crippen LogP contribution in [-0.4, -0.2) is 15.5 Å². The van der Waals surface area contributed by atoms with Gasteiger partial charge < -0.3 is 14.6 Å².